The largest absolute Gasteiger partial charge is 2.00 e. The molecule has 7 nitrogen and oxygen atoms in total. The van der Waals surface area contributed by atoms with E-state index in [0.717, 1.165) is 0 Å². The van der Waals surface area contributed by atoms with E-state index >= 15 is 0 Å². The summed E-state index contributed by atoms with van der Waals surface area (Å²) in [4.78, 5) is 0. The van der Waals surface area contributed by atoms with Crippen molar-refractivity contribution < 1.29 is 101 Å². The van der Waals surface area contributed by atoms with Gasteiger partial charge in [-0.05, 0) is 0 Å². The average Bonchev–Trinajstić information content (AvgIpc) is 0. The Morgan fingerprint density at radius 1 is 0.300 bits per heavy atom. The van der Waals surface area contributed by atoms with Crippen LogP contribution in [-0.2, 0) is 38.3 Å². The minimum absolute atomic E-state index is 0. The molecule has 0 fully saturated rings. The van der Waals surface area contributed by atoms with Gasteiger partial charge in [-0.1, -0.05) is 0 Å². The van der Waals surface area contributed by atoms with Crippen LogP contribution in [0.25, 0.3) is 0 Å². The van der Waals surface area contributed by atoms with Crippen molar-refractivity contribution in [1.29, 1.82) is 0 Å². The van der Waals surface area contributed by atoms with Gasteiger partial charge in [-0.2, -0.15) is 0 Å². The summed E-state index contributed by atoms with van der Waals surface area (Å²) in [5, 5.41) is 0. The fraction of sp³-hybridized carbons (Fsp3) is 0. The van der Waals surface area contributed by atoms with Crippen molar-refractivity contribution in [3.8, 4) is 0 Å². The molecule has 0 saturated heterocycles. The Morgan fingerprint density at radius 2 is 0.300 bits per heavy atom. The van der Waals surface area contributed by atoms with Crippen molar-refractivity contribution in [1.82, 2.24) is 0 Å². The summed E-state index contributed by atoms with van der Waals surface area (Å²) in [6.07, 6.45) is 0. The summed E-state index contributed by atoms with van der Waals surface area (Å²) in [5.41, 5.74) is 0. The molecule has 0 bridgehead atoms. The van der Waals surface area contributed by atoms with Crippen LogP contribution in [0.4, 0.5) is 0 Å². The van der Waals surface area contributed by atoms with E-state index in [4.69, 9.17) is 0 Å². The molecule has 0 rings (SSSR count). The molecular weight excluding hydrogens is 628 g/mol. The molecule has 0 aliphatic rings. The van der Waals surface area contributed by atoms with E-state index in [1.807, 2.05) is 0 Å². The van der Waals surface area contributed by atoms with Gasteiger partial charge in [0.05, 0.1) is 0 Å². The number of hydrogen-bond acceptors (Lipinski definition) is 0. The fourth-order valence-corrected chi connectivity index (χ4v) is 0. The van der Waals surface area contributed by atoms with Gasteiger partial charge in [-0.25, -0.2) is 0 Å². The predicted octanol–water partition coefficient (Wildman–Crippen LogP) is -1.21. The van der Waals surface area contributed by atoms with Crippen LogP contribution in [0, 0.1) is 62.2 Å². The Labute approximate surface area is 136 Å². The zero-order valence-electron chi connectivity index (χ0n) is 4.56. The number of hydrogen-bond donors (Lipinski definition) is 0. The summed E-state index contributed by atoms with van der Waals surface area (Å²) >= 11 is 0. The topological polar surface area (TPSA) is 200 Å². The molecule has 0 heterocycles. The van der Waals surface area contributed by atoms with Gasteiger partial charge in [0, 0.05) is 62.2 Å². The molecule has 0 atom stereocenters. The molecule has 0 N–H and O–H groups in total. The van der Waals surface area contributed by atoms with Gasteiger partial charge in [-0.15, -0.1) is 0 Å². The van der Waals surface area contributed by atoms with Crippen LogP contribution >= 0.6 is 0 Å². The fourth-order valence-electron chi connectivity index (χ4n) is 0. The third kappa shape index (κ3) is 119. The van der Waals surface area contributed by atoms with Crippen LogP contribution in [-0.4, -0.2) is 37.7 Å². The predicted molar refractivity (Wildman–Crippen MR) is 10.6 cm³/mol. The molecule has 0 aromatic rings. The minimum Gasteiger partial charge on any atom is -2.00 e. The third-order valence-corrected chi connectivity index (χ3v) is 0. The summed E-state index contributed by atoms with van der Waals surface area (Å²) in [6.45, 7) is 0. The van der Waals surface area contributed by atoms with E-state index in [1.54, 1.807) is 0 Å². The van der Waals surface area contributed by atoms with E-state index < -0.39 is 0 Å². The maximum Gasteiger partial charge on any atom is 2.00 e. The molecule has 0 radical (unpaired) electrons. The quantitative estimate of drug-likeness (QED) is 0.290. The second-order valence-electron chi connectivity index (χ2n) is 0. The molecule has 0 aliphatic carbocycles. The maximum atomic E-state index is 0. The Morgan fingerprint density at radius 3 is 0.300 bits per heavy atom. The smallest absolute Gasteiger partial charge is 2.00 e. The first-order valence-electron chi connectivity index (χ1n) is 0. The summed E-state index contributed by atoms with van der Waals surface area (Å²) in [6, 6.07) is 0. The van der Waals surface area contributed by atoms with Gasteiger partial charge in [-0.3, -0.25) is 0 Å². The zero-order chi connectivity index (χ0) is 0. The first-order chi connectivity index (χ1) is 0. The molecule has 0 aromatic heterocycles. The third-order valence-electron chi connectivity index (χ3n) is 0. The molecule has 0 amide bonds. The molecule has 0 aliphatic heterocycles. The molecule has 0 saturated carbocycles. The minimum atomic E-state index is 0. The second kappa shape index (κ2) is 156. The molecule has 64 valence electrons. The van der Waals surface area contributed by atoms with E-state index in [1.165, 1.54) is 0 Å². The van der Waals surface area contributed by atoms with E-state index in [0.29, 0.717) is 0 Å². The van der Waals surface area contributed by atoms with Crippen LogP contribution < -0.4 is 0 Å². The van der Waals surface area contributed by atoms with E-state index in [9.17, 15) is 0 Å². The van der Waals surface area contributed by atoms with E-state index in [2.05, 4.69) is 0 Å². The van der Waals surface area contributed by atoms with Crippen molar-refractivity contribution in [2.75, 3.05) is 0 Å². The first-order valence-corrected chi connectivity index (χ1v) is 0. The van der Waals surface area contributed by atoms with Crippen LogP contribution in [0.3, 0.4) is 0 Å². The Kier molecular flexibility index (Phi) is 3140. The van der Waals surface area contributed by atoms with Crippen LogP contribution in [0.1, 0.15) is 0 Å². The van der Waals surface area contributed by atoms with Crippen molar-refractivity contribution >= 4 is 37.7 Å². The van der Waals surface area contributed by atoms with Crippen molar-refractivity contribution in [2.24, 2.45) is 0 Å². The van der Waals surface area contributed by atoms with Gasteiger partial charge in [0.25, 0.3) is 0 Å². The first kappa shape index (κ1) is 201. The Balaban J connectivity index is 0. The molecule has 0 aromatic carbocycles. The molecule has 0 unspecified atom stereocenters. The Hall–Kier alpha value is 3.08. The van der Waals surface area contributed by atoms with Crippen LogP contribution in [0.2, 0.25) is 0 Å². The van der Waals surface area contributed by atoms with Crippen LogP contribution in [0.5, 0.6) is 0 Å². The summed E-state index contributed by atoms with van der Waals surface area (Å²) in [5.74, 6) is 0. The van der Waals surface area contributed by atoms with Crippen LogP contribution in [0.15, 0.2) is 0 Å². The van der Waals surface area contributed by atoms with Gasteiger partial charge < -0.3 is 38.3 Å². The monoisotopic (exact) mass is 628 g/mol. The average molecular weight is 628 g/mol. The molecule has 10 heteroatoms. The van der Waals surface area contributed by atoms with Crippen molar-refractivity contribution in [3.63, 3.8) is 0 Å². The van der Waals surface area contributed by atoms with Crippen molar-refractivity contribution in [2.45, 2.75) is 0 Å². The van der Waals surface area contributed by atoms with Gasteiger partial charge in [0.2, 0.25) is 0 Å². The molecule has 0 spiro atoms. The normalized spacial score (nSPS) is 0. The van der Waals surface area contributed by atoms with E-state index in [-0.39, 0.29) is 138 Å². The number of rotatable bonds is 0. The van der Waals surface area contributed by atoms with Crippen molar-refractivity contribution in [3.05, 3.63) is 0 Å². The van der Waals surface area contributed by atoms with Gasteiger partial charge in [0.1, 0.15) is 0 Å². The second-order valence-corrected chi connectivity index (χ2v) is 0. The summed E-state index contributed by atoms with van der Waals surface area (Å²) in [7, 11) is 0. The standard InChI is InChI=1S/Ca.7O.2U/q+2;7*-2;;. The SMILES string of the molecule is [Ca+2].[O-2].[O-2].[O-2].[O-2].[O-2].[O-2].[O-2].[U].[U]. The molecule has 10 heavy (non-hydrogen) atoms. The van der Waals surface area contributed by atoms with Gasteiger partial charge >= 0.3 is 37.7 Å². The Bertz CT molecular complexity index is 11.6. The molecular formula is CaO7U2-12. The zero-order valence-corrected chi connectivity index (χ0v) is 15.1. The maximum absolute atomic E-state index is 0. The summed E-state index contributed by atoms with van der Waals surface area (Å²) < 4.78 is 0. The van der Waals surface area contributed by atoms with Gasteiger partial charge in [0.15, 0.2) is 0 Å².